The summed E-state index contributed by atoms with van der Waals surface area (Å²) in [5.41, 5.74) is 0. The van der Waals surface area contributed by atoms with Gasteiger partial charge in [0.25, 0.3) is 0 Å². The zero-order chi connectivity index (χ0) is 14.7. The Morgan fingerprint density at radius 1 is 1.05 bits per heavy atom. The van der Waals surface area contributed by atoms with Crippen molar-refractivity contribution in [3.8, 4) is 0 Å². The average Bonchev–Trinajstić information content (AvgIpc) is 2.32. The Morgan fingerprint density at radius 3 is 2.30 bits per heavy atom. The molecule has 2 rings (SSSR count). The quantitative estimate of drug-likeness (QED) is 0.858. The molecule has 2 fully saturated rings. The molecule has 1 saturated carbocycles. The Morgan fingerprint density at radius 2 is 1.70 bits per heavy atom. The van der Waals surface area contributed by atoms with Crippen LogP contribution in [0.15, 0.2) is 0 Å². The van der Waals surface area contributed by atoms with Crippen LogP contribution in [0, 0.1) is 17.8 Å². The van der Waals surface area contributed by atoms with Crippen molar-refractivity contribution in [1.29, 1.82) is 0 Å². The molecular formula is C17H34N2O. The fourth-order valence-corrected chi connectivity index (χ4v) is 4.45. The molecule has 0 bridgehead atoms. The lowest BCUT2D eigenvalue weighted by molar-refractivity contribution is -0.0766. The van der Waals surface area contributed by atoms with Crippen LogP contribution < -0.4 is 5.32 Å². The zero-order valence-corrected chi connectivity index (χ0v) is 14.1. The van der Waals surface area contributed by atoms with E-state index in [2.05, 4.69) is 44.8 Å². The molecule has 1 aliphatic heterocycles. The lowest BCUT2D eigenvalue weighted by atomic mass is 9.72. The van der Waals surface area contributed by atoms with E-state index in [1.54, 1.807) is 0 Å². The normalized spacial score (nSPS) is 43.6. The first-order valence-electron chi connectivity index (χ1n) is 8.60. The summed E-state index contributed by atoms with van der Waals surface area (Å²) in [5.74, 6) is 2.49. The zero-order valence-electron chi connectivity index (χ0n) is 14.1. The van der Waals surface area contributed by atoms with Crippen LogP contribution in [0.5, 0.6) is 0 Å². The van der Waals surface area contributed by atoms with E-state index in [4.69, 9.17) is 4.74 Å². The number of hydrogen-bond acceptors (Lipinski definition) is 3. The second-order valence-corrected chi connectivity index (χ2v) is 7.36. The van der Waals surface area contributed by atoms with Gasteiger partial charge in [0.2, 0.25) is 0 Å². The molecule has 1 saturated heterocycles. The molecule has 20 heavy (non-hydrogen) atoms. The van der Waals surface area contributed by atoms with Gasteiger partial charge in [-0.15, -0.1) is 0 Å². The van der Waals surface area contributed by atoms with Gasteiger partial charge in [0, 0.05) is 25.7 Å². The van der Waals surface area contributed by atoms with Crippen LogP contribution in [-0.4, -0.2) is 49.3 Å². The summed E-state index contributed by atoms with van der Waals surface area (Å²) in [6.45, 7) is 16.0. The van der Waals surface area contributed by atoms with Crippen molar-refractivity contribution < 1.29 is 4.74 Å². The van der Waals surface area contributed by atoms with Gasteiger partial charge in [-0.1, -0.05) is 20.8 Å². The van der Waals surface area contributed by atoms with Crippen LogP contribution >= 0.6 is 0 Å². The second-order valence-electron chi connectivity index (χ2n) is 7.36. The van der Waals surface area contributed by atoms with Crippen LogP contribution in [0.4, 0.5) is 0 Å². The van der Waals surface area contributed by atoms with E-state index in [0.29, 0.717) is 18.2 Å². The molecule has 2 aliphatic rings. The van der Waals surface area contributed by atoms with Crippen LogP contribution in [0.3, 0.4) is 0 Å². The topological polar surface area (TPSA) is 24.5 Å². The summed E-state index contributed by atoms with van der Waals surface area (Å²) in [6.07, 6.45) is 3.50. The predicted molar refractivity (Wildman–Crippen MR) is 85.0 cm³/mol. The third-order valence-electron chi connectivity index (χ3n) is 5.11. The molecule has 0 aromatic rings. The molecule has 1 N–H and O–H groups in total. The van der Waals surface area contributed by atoms with E-state index in [9.17, 15) is 0 Å². The third kappa shape index (κ3) is 4.19. The molecular weight excluding hydrogens is 248 g/mol. The molecule has 0 amide bonds. The van der Waals surface area contributed by atoms with Gasteiger partial charge in [-0.25, -0.2) is 0 Å². The van der Waals surface area contributed by atoms with Crippen molar-refractivity contribution in [3.63, 3.8) is 0 Å². The van der Waals surface area contributed by atoms with Crippen molar-refractivity contribution in [2.75, 3.05) is 26.2 Å². The van der Waals surface area contributed by atoms with Gasteiger partial charge in [-0.3, -0.25) is 4.90 Å². The Kier molecular flexibility index (Phi) is 5.88. The lowest BCUT2D eigenvalue weighted by Gasteiger charge is -2.44. The molecule has 6 atom stereocenters. The molecule has 3 heteroatoms. The van der Waals surface area contributed by atoms with Gasteiger partial charge in [-0.05, 0) is 51.0 Å². The van der Waals surface area contributed by atoms with E-state index >= 15 is 0 Å². The first-order chi connectivity index (χ1) is 9.49. The molecule has 118 valence electrons. The summed E-state index contributed by atoms with van der Waals surface area (Å²) in [7, 11) is 0. The summed E-state index contributed by atoms with van der Waals surface area (Å²) >= 11 is 0. The van der Waals surface area contributed by atoms with Gasteiger partial charge in [-0.2, -0.15) is 0 Å². The summed E-state index contributed by atoms with van der Waals surface area (Å²) in [5, 5.41) is 3.75. The molecule has 0 aromatic heterocycles. The van der Waals surface area contributed by atoms with Crippen LogP contribution in [0.2, 0.25) is 0 Å². The molecule has 1 heterocycles. The van der Waals surface area contributed by atoms with E-state index in [1.807, 2.05) is 0 Å². The summed E-state index contributed by atoms with van der Waals surface area (Å²) in [6, 6.07) is 0.701. The fraction of sp³-hybridized carbons (Fsp3) is 1.00. The number of nitrogens with zero attached hydrogens (tertiary/aromatic N) is 1. The number of morpholine rings is 1. The van der Waals surface area contributed by atoms with Gasteiger partial charge in [0.05, 0.1) is 12.2 Å². The molecule has 0 radical (unpaired) electrons. The minimum atomic E-state index is 0.383. The van der Waals surface area contributed by atoms with E-state index < -0.39 is 0 Å². The van der Waals surface area contributed by atoms with E-state index in [0.717, 1.165) is 37.4 Å². The van der Waals surface area contributed by atoms with Gasteiger partial charge < -0.3 is 10.1 Å². The minimum absolute atomic E-state index is 0.383. The first kappa shape index (κ1) is 16.3. The Hall–Kier alpha value is -0.120. The van der Waals surface area contributed by atoms with Gasteiger partial charge in [0.1, 0.15) is 0 Å². The van der Waals surface area contributed by atoms with Crippen LogP contribution in [-0.2, 0) is 4.74 Å². The number of nitrogens with one attached hydrogen (secondary N) is 1. The lowest BCUT2D eigenvalue weighted by Crippen LogP contribution is -2.53. The molecule has 1 aliphatic carbocycles. The van der Waals surface area contributed by atoms with Crippen molar-refractivity contribution in [2.24, 2.45) is 17.8 Å². The third-order valence-corrected chi connectivity index (χ3v) is 5.11. The highest BCUT2D eigenvalue weighted by Gasteiger charge is 2.35. The predicted octanol–water partition coefficient (Wildman–Crippen LogP) is 2.76. The number of hydrogen-bond donors (Lipinski definition) is 1. The first-order valence-corrected chi connectivity index (χ1v) is 8.60. The van der Waals surface area contributed by atoms with Gasteiger partial charge >= 0.3 is 0 Å². The fourth-order valence-electron chi connectivity index (χ4n) is 4.45. The number of ether oxygens (including phenoxy) is 1. The maximum atomic E-state index is 5.87. The van der Waals surface area contributed by atoms with Crippen molar-refractivity contribution in [2.45, 2.75) is 65.7 Å². The number of rotatable bonds is 4. The Balaban J connectivity index is 1.97. The molecule has 6 unspecified atom stereocenters. The van der Waals surface area contributed by atoms with Crippen molar-refractivity contribution >= 4 is 0 Å². The smallest absolute Gasteiger partial charge is 0.0678 e. The summed E-state index contributed by atoms with van der Waals surface area (Å²) in [4.78, 5) is 2.64. The highest BCUT2D eigenvalue weighted by molar-refractivity contribution is 4.90. The maximum Gasteiger partial charge on any atom is 0.0678 e. The highest BCUT2D eigenvalue weighted by Crippen LogP contribution is 2.34. The monoisotopic (exact) mass is 282 g/mol. The molecule has 3 nitrogen and oxygen atoms in total. The Labute approximate surface area is 125 Å². The SMILES string of the molecule is CCNC1CC(C)CC(C)C1CN1CC(C)OC(C)C1. The maximum absolute atomic E-state index is 5.87. The van der Waals surface area contributed by atoms with Crippen LogP contribution in [0.25, 0.3) is 0 Å². The molecule has 0 aromatic carbocycles. The average molecular weight is 282 g/mol. The van der Waals surface area contributed by atoms with Crippen LogP contribution in [0.1, 0.15) is 47.5 Å². The van der Waals surface area contributed by atoms with E-state index in [-0.39, 0.29) is 0 Å². The van der Waals surface area contributed by atoms with E-state index in [1.165, 1.54) is 19.4 Å². The second kappa shape index (κ2) is 7.24. The largest absolute Gasteiger partial charge is 0.373 e. The molecule has 0 spiro atoms. The minimum Gasteiger partial charge on any atom is -0.373 e. The Bertz CT molecular complexity index is 287. The van der Waals surface area contributed by atoms with Gasteiger partial charge in [0.15, 0.2) is 0 Å². The van der Waals surface area contributed by atoms with Crippen molar-refractivity contribution in [1.82, 2.24) is 10.2 Å². The van der Waals surface area contributed by atoms with Crippen molar-refractivity contribution in [3.05, 3.63) is 0 Å². The standard InChI is InChI=1S/C17H34N2O/c1-6-18-17-8-12(2)7-13(3)16(17)11-19-9-14(4)20-15(5)10-19/h12-18H,6-11H2,1-5H3. The highest BCUT2D eigenvalue weighted by atomic mass is 16.5. The summed E-state index contributed by atoms with van der Waals surface area (Å²) < 4.78 is 5.87.